The number of hydrogen-bond donors (Lipinski definition) is 1. The number of ether oxygens (including phenoxy) is 2. The fraction of sp³-hybridized carbons (Fsp3) is 0.212. The van der Waals surface area contributed by atoms with Crippen molar-refractivity contribution in [2.45, 2.75) is 31.5 Å². The molecule has 2 unspecified atom stereocenters. The minimum atomic E-state index is -1.24. The number of H-pyrrole nitrogens is 1. The summed E-state index contributed by atoms with van der Waals surface area (Å²) < 4.78 is 40.1. The molecule has 2 aliphatic heterocycles. The lowest BCUT2D eigenvalue weighted by Gasteiger charge is -2.55. The molecule has 49 heteroatoms. The Kier molecular flexibility index (Phi) is 26.5. The van der Waals surface area contributed by atoms with Crippen LogP contribution < -0.4 is 9.47 Å². The minimum Gasteiger partial charge on any atom is -0.493 e. The van der Waals surface area contributed by atoms with Gasteiger partial charge in [0.05, 0.1) is 13.2 Å². The van der Waals surface area contributed by atoms with E-state index < -0.39 is 128 Å². The summed E-state index contributed by atoms with van der Waals surface area (Å²) in [7, 11) is 141. The lowest BCUT2D eigenvalue weighted by atomic mass is 8.26. The Morgan fingerprint density at radius 1 is 0.537 bits per heavy atom. The number of halogens is 2. The maximum absolute atomic E-state index is 14.2. The van der Waals surface area contributed by atoms with E-state index >= 15 is 0 Å². The second-order valence-electron chi connectivity index (χ2n) is 22.1. The van der Waals surface area contributed by atoms with E-state index in [0.717, 1.165) is 52.9 Å². The first-order chi connectivity index (χ1) is 38.7. The largest absolute Gasteiger partial charge is 0.493 e. The molecule has 1 N–H and O–H groups in total. The summed E-state index contributed by atoms with van der Waals surface area (Å²) in [5.74, 6) is 0.913. The van der Waals surface area contributed by atoms with E-state index in [0.29, 0.717) is 12.4 Å². The Balaban J connectivity index is 0.000000264. The maximum Gasteiger partial charge on any atom is 0.162 e. The van der Waals surface area contributed by atoms with Crippen LogP contribution in [0, 0.1) is 11.6 Å². The van der Waals surface area contributed by atoms with Gasteiger partial charge in [-0.05, 0) is 83.1 Å². The highest BCUT2D eigenvalue weighted by Gasteiger charge is 2.58. The van der Waals surface area contributed by atoms with E-state index in [1.165, 1.54) is 42.0 Å². The smallest absolute Gasteiger partial charge is 0.162 e. The molecule has 0 spiro atoms. The van der Waals surface area contributed by atoms with Gasteiger partial charge in [-0.1, -0.05) is 42.5 Å². The Bertz CT molecular complexity index is 2660. The summed E-state index contributed by atoms with van der Waals surface area (Å²) in [4.78, 5) is 6.01. The lowest BCUT2D eigenvalue weighted by molar-refractivity contribution is 0.127. The van der Waals surface area contributed by atoms with Crippen LogP contribution in [0.15, 0.2) is 84.9 Å². The third kappa shape index (κ3) is 16.1. The van der Waals surface area contributed by atoms with Crippen LogP contribution in [0.1, 0.15) is 45.6 Å². The van der Waals surface area contributed by atoms with Crippen molar-refractivity contribution in [3.63, 3.8) is 0 Å². The predicted molar refractivity (Wildman–Crippen MR) is 395 cm³/mol. The molecule has 0 aliphatic carbocycles. The quantitative estimate of drug-likeness (QED) is 0.0592. The number of aromatic nitrogens is 1. The number of fused-ring (bicyclic) bond motifs is 6. The Morgan fingerprint density at radius 3 is 1.44 bits per heavy atom. The normalized spacial score (nSPS) is 13.7. The van der Waals surface area contributed by atoms with Gasteiger partial charge in [-0.2, -0.15) is 0 Å². The lowest BCUT2D eigenvalue weighted by Crippen LogP contribution is -2.93. The third-order valence-electron chi connectivity index (χ3n) is 16.8. The van der Waals surface area contributed by atoms with Crippen molar-refractivity contribution in [2.75, 3.05) is 13.7 Å². The number of nitrogens with one attached hydrogen (secondary N) is 1. The Morgan fingerprint density at radius 2 is 0.988 bits per heavy atom. The van der Waals surface area contributed by atoms with Crippen LogP contribution in [0.2, 0.25) is 0 Å². The van der Waals surface area contributed by atoms with Gasteiger partial charge < -0.3 is 14.5 Å². The van der Waals surface area contributed by atoms with E-state index in [1.54, 1.807) is 13.2 Å². The summed E-state index contributed by atoms with van der Waals surface area (Å²) >= 11 is 0. The summed E-state index contributed by atoms with van der Waals surface area (Å²) in [5, 5.41) is 1.03. The highest BCUT2D eigenvalue weighted by Crippen LogP contribution is 2.50. The van der Waals surface area contributed by atoms with Gasteiger partial charge in [-0.15, -0.1) is 0 Å². The van der Waals surface area contributed by atoms with Gasteiger partial charge in [0.25, 0.3) is 0 Å². The minimum absolute atomic E-state index is 0.0744. The number of methoxy groups -OCH3 is 1. The first kappa shape index (κ1) is 69.7. The summed E-state index contributed by atoms with van der Waals surface area (Å²) in [6.07, 6.45) is -21.5. The van der Waals surface area contributed by atoms with E-state index in [1.807, 2.05) is 48.5 Å². The number of benzene rings is 4. The molecule has 7 rings (SSSR count). The van der Waals surface area contributed by atoms with Gasteiger partial charge in [0, 0.05) is 334 Å². The second kappa shape index (κ2) is 31.2. The zero-order chi connectivity index (χ0) is 60.8. The van der Waals surface area contributed by atoms with Crippen LogP contribution in [0.5, 0.6) is 11.5 Å². The first-order valence-electron chi connectivity index (χ1n) is 27.3. The molecule has 45 radical (unpaired) electrons. The van der Waals surface area contributed by atoms with Crippen molar-refractivity contribution in [2.24, 2.45) is 0 Å². The number of aromatic amines is 1. The molecule has 82 heavy (non-hydrogen) atoms. The highest BCUT2D eigenvalue weighted by molar-refractivity contribution is 8.33. The van der Waals surface area contributed by atoms with Gasteiger partial charge in [0.2, 0.25) is 0 Å². The van der Waals surface area contributed by atoms with Crippen LogP contribution in [0.25, 0.3) is 10.9 Å². The molecule has 1 aromatic heterocycles. The molecule has 325 valence electrons. The van der Waals surface area contributed by atoms with E-state index in [9.17, 15) is 8.78 Å². The molecule has 0 amide bonds. The topological polar surface area (TPSA) is 37.5 Å². The van der Waals surface area contributed by atoms with Crippen molar-refractivity contribution >= 4 is 316 Å². The molecule has 4 nitrogen and oxygen atoms in total. The molecule has 2 atom stereocenters. The summed E-state index contributed by atoms with van der Waals surface area (Å²) in [5.41, 5.74) is 7.56. The highest BCUT2D eigenvalue weighted by atomic mass is 19.1. The van der Waals surface area contributed by atoms with Crippen molar-refractivity contribution in [1.82, 2.24) is 9.88 Å². The first-order valence-corrected chi connectivity index (χ1v) is 27.3. The predicted octanol–water partition coefficient (Wildman–Crippen LogP) is -9.10. The Labute approximate surface area is 526 Å². The summed E-state index contributed by atoms with van der Waals surface area (Å²) in [6, 6.07) is 26.0. The molecular weight excluding hydrogens is 959 g/mol. The SMILES string of the molecule is COc1cc2c(cc1OCc1ccccc1)C1Cc3c([nH]c4cc(F)ccc34)C(c3ccc(F)cc3)N1CC2.[B][B]B([B])B(B(B([B])[B])B([B])[B])B(B(B(B([B])[B])B([B])[B])B(B([B])[B])B([B])[B])B(B(B([B])[B])B([B])[B])B(B([B])[B])B([B])[B]. The van der Waals surface area contributed by atoms with Crippen LogP contribution >= 0.6 is 0 Å². The molecule has 3 heterocycles. The van der Waals surface area contributed by atoms with Gasteiger partial charge in [0.1, 0.15) is 18.2 Å². The van der Waals surface area contributed by atoms with E-state index in [4.69, 9.17) is 180 Å². The van der Waals surface area contributed by atoms with Gasteiger partial charge >= 0.3 is 0 Å². The van der Waals surface area contributed by atoms with Crippen molar-refractivity contribution in [3.05, 3.63) is 130 Å². The average molecular weight is 988 g/mol. The van der Waals surface area contributed by atoms with E-state index in [2.05, 4.69) is 22.0 Å². The molecule has 0 bridgehead atoms. The van der Waals surface area contributed by atoms with Crippen molar-refractivity contribution < 1.29 is 18.3 Å². The van der Waals surface area contributed by atoms with Crippen LogP contribution in [0.4, 0.5) is 8.78 Å². The zero-order valence-corrected chi connectivity index (χ0v) is 46.4. The number of nitrogens with zero attached hydrogens (tertiary/aromatic N) is 1. The van der Waals surface area contributed by atoms with Crippen LogP contribution in [-0.4, -0.2) is 329 Å². The fourth-order valence-electron chi connectivity index (χ4n) is 13.4. The molecule has 0 saturated heterocycles. The third-order valence-corrected chi connectivity index (χ3v) is 16.8. The van der Waals surface area contributed by atoms with Gasteiger partial charge in [0.15, 0.2) is 11.5 Å². The van der Waals surface area contributed by atoms with Gasteiger partial charge in [-0.25, -0.2) is 8.78 Å². The molecule has 4 aromatic carbocycles. The van der Waals surface area contributed by atoms with Crippen molar-refractivity contribution in [1.29, 1.82) is 0 Å². The number of hydrogen-bond acceptors (Lipinski definition) is 3. The van der Waals surface area contributed by atoms with Gasteiger partial charge in [-0.3, -0.25) is 4.90 Å². The van der Waals surface area contributed by atoms with E-state index in [-0.39, 0.29) is 23.7 Å². The molecular formula is C33H28B43F2N2O2. The average Bonchev–Trinajstić information content (AvgIpc) is 3.98. The second-order valence-corrected chi connectivity index (χ2v) is 22.1. The summed E-state index contributed by atoms with van der Waals surface area (Å²) in [6.45, 7) is 1.27. The molecule has 0 saturated carbocycles. The Hall–Kier alpha value is -1.37. The number of rotatable bonds is 25. The maximum atomic E-state index is 14.2. The standard InChI is InChI=1S/C33H28F2N2O2.B43/c1-38-30-15-22-13-14-37-29(26(22)18-31(30)39-19-20-5-3-2-4-6-20)17-27-25-12-11-24(35)16-28(25)36-32(27)33(37)21-7-9-23(34)10-8-21;1-23-34(22)40(35(24(2)3)25(4)5)43(41(36(26(6)7)27(8)9)37(28(10)11)29(12)13)42(38(30(14)15)31(16)17)39(32(18)19)33(20)21/h2-12,15-16,18,29,33,36H,13-14,17,19H2,1H3;. The van der Waals surface area contributed by atoms with Crippen molar-refractivity contribution in [3.8, 4) is 11.5 Å². The molecule has 5 aromatic rings. The monoisotopic (exact) mass is 996 g/mol. The molecule has 0 fully saturated rings. The van der Waals surface area contributed by atoms with Crippen LogP contribution in [0.3, 0.4) is 0 Å². The zero-order valence-electron chi connectivity index (χ0n) is 46.4. The fourth-order valence-corrected chi connectivity index (χ4v) is 13.4. The molecule has 2 aliphatic rings. The van der Waals surface area contributed by atoms with Crippen LogP contribution in [-0.2, 0) is 19.4 Å².